The van der Waals surface area contributed by atoms with Gasteiger partial charge in [0.25, 0.3) is 0 Å². The highest BCUT2D eigenvalue weighted by Crippen LogP contribution is 2.13. The van der Waals surface area contributed by atoms with E-state index in [9.17, 15) is 4.79 Å². The van der Waals surface area contributed by atoms with Gasteiger partial charge in [0.15, 0.2) is 0 Å². The van der Waals surface area contributed by atoms with Gasteiger partial charge in [-0.25, -0.2) is 0 Å². The second-order valence-corrected chi connectivity index (χ2v) is 4.21. The quantitative estimate of drug-likeness (QED) is 0.766. The zero-order valence-corrected chi connectivity index (χ0v) is 11.0. The summed E-state index contributed by atoms with van der Waals surface area (Å²) >= 11 is 0. The van der Waals surface area contributed by atoms with Crippen molar-refractivity contribution in [2.75, 3.05) is 6.61 Å². The predicted molar refractivity (Wildman–Crippen MR) is 76.6 cm³/mol. The van der Waals surface area contributed by atoms with Gasteiger partial charge in [-0.2, -0.15) is 0 Å². The van der Waals surface area contributed by atoms with Gasteiger partial charge < -0.3 is 4.74 Å². The predicted octanol–water partition coefficient (Wildman–Crippen LogP) is 3.59. The van der Waals surface area contributed by atoms with Crippen molar-refractivity contribution >= 4 is 22.9 Å². The molecule has 1 aromatic carbocycles. The van der Waals surface area contributed by atoms with Crippen LogP contribution in [0.4, 0.5) is 0 Å². The summed E-state index contributed by atoms with van der Waals surface area (Å²) in [5.74, 6) is -0.149. The molecule has 0 spiro atoms. The highest BCUT2D eigenvalue weighted by molar-refractivity contribution is 5.80. The number of rotatable bonds is 5. The average molecular weight is 255 g/mol. The number of carbonyl (C=O) groups is 1. The van der Waals surface area contributed by atoms with Crippen LogP contribution in [0.5, 0.6) is 0 Å². The minimum atomic E-state index is -0.149. The van der Waals surface area contributed by atoms with Crippen LogP contribution in [-0.4, -0.2) is 17.6 Å². The van der Waals surface area contributed by atoms with Crippen LogP contribution in [0.3, 0.4) is 0 Å². The van der Waals surface area contributed by atoms with Crippen molar-refractivity contribution in [3.63, 3.8) is 0 Å². The number of aromatic nitrogens is 1. The van der Waals surface area contributed by atoms with E-state index in [2.05, 4.69) is 11.1 Å². The van der Waals surface area contributed by atoms with E-state index in [0.29, 0.717) is 19.4 Å². The molecule has 1 heterocycles. The molecule has 0 unspecified atom stereocenters. The number of benzene rings is 1. The van der Waals surface area contributed by atoms with Gasteiger partial charge in [-0.1, -0.05) is 30.4 Å². The van der Waals surface area contributed by atoms with Gasteiger partial charge >= 0.3 is 5.97 Å². The van der Waals surface area contributed by atoms with Crippen LogP contribution in [-0.2, 0) is 9.53 Å². The number of fused-ring (bicyclic) bond motifs is 1. The average Bonchev–Trinajstić information content (AvgIpc) is 2.44. The number of allylic oxidation sites excluding steroid dienone is 1. The summed E-state index contributed by atoms with van der Waals surface area (Å²) in [5, 5.41) is 1.12. The third kappa shape index (κ3) is 3.91. The maximum absolute atomic E-state index is 11.2. The number of esters is 1. The number of pyridine rings is 1. The van der Waals surface area contributed by atoms with Gasteiger partial charge in [0, 0.05) is 18.0 Å². The smallest absolute Gasteiger partial charge is 0.306 e. The second-order valence-electron chi connectivity index (χ2n) is 4.21. The summed E-state index contributed by atoms with van der Waals surface area (Å²) in [6.45, 7) is 2.26. The molecule has 0 saturated heterocycles. The Kier molecular flexibility index (Phi) is 4.67. The van der Waals surface area contributed by atoms with Crippen molar-refractivity contribution in [3.8, 4) is 0 Å². The van der Waals surface area contributed by atoms with Gasteiger partial charge in [-0.3, -0.25) is 9.78 Å². The van der Waals surface area contributed by atoms with E-state index in [0.717, 1.165) is 16.5 Å². The first-order valence-corrected chi connectivity index (χ1v) is 6.46. The summed E-state index contributed by atoms with van der Waals surface area (Å²) in [6, 6.07) is 10.1. The van der Waals surface area contributed by atoms with E-state index in [1.165, 1.54) is 0 Å². The minimum absolute atomic E-state index is 0.149. The van der Waals surface area contributed by atoms with Crippen LogP contribution in [0.1, 0.15) is 25.3 Å². The number of ether oxygens (including phenoxy) is 1. The van der Waals surface area contributed by atoms with Crippen LogP contribution in [0.25, 0.3) is 17.0 Å². The van der Waals surface area contributed by atoms with Crippen molar-refractivity contribution in [3.05, 3.63) is 48.2 Å². The molecule has 0 saturated carbocycles. The fourth-order valence-corrected chi connectivity index (χ4v) is 1.83. The number of hydrogen-bond acceptors (Lipinski definition) is 3. The number of carbonyl (C=O) groups excluding carboxylic acids is 1. The first-order valence-electron chi connectivity index (χ1n) is 6.46. The summed E-state index contributed by atoms with van der Waals surface area (Å²) in [4.78, 5) is 15.5. The van der Waals surface area contributed by atoms with Gasteiger partial charge in [-0.15, -0.1) is 0 Å². The number of nitrogens with zero attached hydrogens (tertiary/aromatic N) is 1. The maximum Gasteiger partial charge on any atom is 0.306 e. The van der Waals surface area contributed by atoms with E-state index < -0.39 is 0 Å². The third-order valence-electron chi connectivity index (χ3n) is 2.74. The molecule has 1 aromatic heterocycles. The molecule has 0 atom stereocenters. The van der Waals surface area contributed by atoms with Crippen molar-refractivity contribution in [2.45, 2.75) is 19.8 Å². The zero-order chi connectivity index (χ0) is 13.5. The van der Waals surface area contributed by atoms with Crippen molar-refractivity contribution in [2.24, 2.45) is 0 Å². The molecule has 0 aliphatic rings. The van der Waals surface area contributed by atoms with Crippen LogP contribution >= 0.6 is 0 Å². The Balaban J connectivity index is 1.95. The van der Waals surface area contributed by atoms with Crippen molar-refractivity contribution in [1.82, 2.24) is 4.98 Å². The molecule has 19 heavy (non-hydrogen) atoms. The molecule has 2 rings (SSSR count). The molecule has 3 heteroatoms. The van der Waals surface area contributed by atoms with Crippen LogP contribution in [0.15, 0.2) is 42.6 Å². The molecule has 0 amide bonds. The fourth-order valence-electron chi connectivity index (χ4n) is 1.83. The van der Waals surface area contributed by atoms with Gasteiger partial charge in [0.1, 0.15) is 0 Å². The van der Waals surface area contributed by atoms with E-state index in [1.807, 2.05) is 49.5 Å². The number of hydrogen-bond donors (Lipinski definition) is 0. The van der Waals surface area contributed by atoms with E-state index in [-0.39, 0.29) is 5.97 Å². The molecule has 0 N–H and O–H groups in total. The lowest BCUT2D eigenvalue weighted by atomic mass is 10.1. The Morgan fingerprint density at radius 2 is 2.21 bits per heavy atom. The SMILES string of the molecule is CCOC(=O)CC/C=C/c1cnc2ccccc2c1. The maximum atomic E-state index is 11.2. The molecule has 3 nitrogen and oxygen atoms in total. The van der Waals surface area contributed by atoms with Crippen LogP contribution in [0, 0.1) is 0 Å². The normalized spacial score (nSPS) is 11.0. The molecule has 0 bridgehead atoms. The fraction of sp³-hybridized carbons (Fsp3) is 0.250. The molecule has 2 aromatic rings. The summed E-state index contributed by atoms with van der Waals surface area (Å²) in [5.41, 5.74) is 2.04. The third-order valence-corrected chi connectivity index (χ3v) is 2.74. The van der Waals surface area contributed by atoms with Crippen LogP contribution < -0.4 is 0 Å². The first kappa shape index (κ1) is 13.3. The molecular formula is C16H17NO2. The molecule has 0 aliphatic carbocycles. The van der Waals surface area contributed by atoms with Crippen molar-refractivity contribution in [1.29, 1.82) is 0 Å². The highest BCUT2D eigenvalue weighted by Gasteiger charge is 1.98. The Hall–Kier alpha value is -2.16. The summed E-state index contributed by atoms with van der Waals surface area (Å²) < 4.78 is 4.87. The summed E-state index contributed by atoms with van der Waals surface area (Å²) in [7, 11) is 0. The Labute approximate surface area is 112 Å². The van der Waals surface area contributed by atoms with Gasteiger partial charge in [0.2, 0.25) is 0 Å². The highest BCUT2D eigenvalue weighted by atomic mass is 16.5. The first-order chi connectivity index (χ1) is 9.29. The lowest BCUT2D eigenvalue weighted by Gasteiger charge is -1.99. The molecule has 0 radical (unpaired) electrons. The van der Waals surface area contributed by atoms with Gasteiger partial charge in [-0.05, 0) is 31.0 Å². The number of para-hydroxylation sites is 1. The molecule has 0 fully saturated rings. The second kappa shape index (κ2) is 6.69. The molecule has 98 valence electrons. The van der Waals surface area contributed by atoms with E-state index in [4.69, 9.17) is 4.74 Å². The van der Waals surface area contributed by atoms with Gasteiger partial charge in [0.05, 0.1) is 12.1 Å². The largest absolute Gasteiger partial charge is 0.466 e. The minimum Gasteiger partial charge on any atom is -0.466 e. The van der Waals surface area contributed by atoms with Crippen molar-refractivity contribution < 1.29 is 9.53 Å². The Morgan fingerprint density at radius 3 is 3.05 bits per heavy atom. The topological polar surface area (TPSA) is 39.2 Å². The molecular weight excluding hydrogens is 238 g/mol. The Bertz CT molecular complexity index is 590. The molecule has 0 aliphatic heterocycles. The monoisotopic (exact) mass is 255 g/mol. The lowest BCUT2D eigenvalue weighted by molar-refractivity contribution is -0.142. The standard InChI is InChI=1S/C16H17NO2/c1-2-19-16(18)10-6-3-7-13-11-14-8-4-5-9-15(14)17-12-13/h3-5,7-9,11-12H,2,6,10H2,1H3/b7-3+. The zero-order valence-electron chi connectivity index (χ0n) is 11.0. The van der Waals surface area contributed by atoms with E-state index >= 15 is 0 Å². The van der Waals surface area contributed by atoms with E-state index in [1.54, 1.807) is 0 Å². The Morgan fingerprint density at radius 1 is 1.37 bits per heavy atom. The van der Waals surface area contributed by atoms with Crippen LogP contribution in [0.2, 0.25) is 0 Å². The summed E-state index contributed by atoms with van der Waals surface area (Å²) in [6.07, 6.45) is 6.90. The lowest BCUT2D eigenvalue weighted by Crippen LogP contribution is -2.02.